The van der Waals surface area contributed by atoms with Crippen molar-refractivity contribution >= 4 is 28.5 Å². The number of alkyl halides is 2. The summed E-state index contributed by atoms with van der Waals surface area (Å²) in [5.41, 5.74) is 0.574. The Balaban J connectivity index is 2.48. The number of aromatic nitrogens is 1. The summed E-state index contributed by atoms with van der Waals surface area (Å²) in [6.45, 7) is -1.08. The van der Waals surface area contributed by atoms with Crippen LogP contribution >= 0.6 is 11.6 Å². The lowest BCUT2D eigenvalue weighted by molar-refractivity contribution is -0.0487. The predicted octanol–water partition coefficient (Wildman–Crippen LogP) is 3.60. The molecule has 0 aliphatic heterocycles. The quantitative estimate of drug-likeness (QED) is 0.875. The fourth-order valence-corrected chi connectivity index (χ4v) is 1.89. The third-order valence-electron chi connectivity index (χ3n) is 2.38. The maximum absolute atomic E-state index is 12.3. The zero-order chi connectivity index (χ0) is 14.0. The van der Waals surface area contributed by atoms with Crippen molar-refractivity contribution < 1.29 is 23.0 Å². The average molecular weight is 290 g/mol. The number of carbonyl (C=O) groups excluding carboxylic acids is 1. The van der Waals surface area contributed by atoms with Crippen LogP contribution in [0, 0.1) is 0 Å². The van der Waals surface area contributed by atoms with Gasteiger partial charge in [-0.1, -0.05) is 11.6 Å². The molecule has 0 unspecified atom stereocenters. The maximum Gasteiger partial charge on any atom is 0.387 e. The Morgan fingerprint density at radius 1 is 1.42 bits per heavy atom. The van der Waals surface area contributed by atoms with Crippen LogP contribution in [0.3, 0.4) is 0 Å². The van der Waals surface area contributed by atoms with Gasteiger partial charge in [0.25, 0.3) is 0 Å². The molecule has 0 amide bonds. The molecule has 1 aromatic carbocycles. The minimum Gasteiger partial charge on any atom is -0.461 e. The van der Waals surface area contributed by atoms with E-state index >= 15 is 0 Å². The molecule has 7 heteroatoms. The smallest absolute Gasteiger partial charge is 0.387 e. The number of hydrogen-bond donors (Lipinski definition) is 1. The Labute approximate surface area is 112 Å². The van der Waals surface area contributed by atoms with E-state index in [0.29, 0.717) is 10.9 Å². The molecule has 0 spiro atoms. The summed E-state index contributed by atoms with van der Waals surface area (Å²) in [6.07, 6.45) is 0. The van der Waals surface area contributed by atoms with Gasteiger partial charge in [-0.05, 0) is 25.1 Å². The van der Waals surface area contributed by atoms with Crippen LogP contribution in [-0.2, 0) is 4.74 Å². The van der Waals surface area contributed by atoms with E-state index in [0.717, 1.165) is 0 Å². The van der Waals surface area contributed by atoms with Gasteiger partial charge in [-0.15, -0.1) is 0 Å². The molecule has 0 saturated heterocycles. The molecular weight excluding hydrogens is 280 g/mol. The summed E-state index contributed by atoms with van der Waals surface area (Å²) in [6, 6.07) is 4.16. The first kappa shape index (κ1) is 13.6. The van der Waals surface area contributed by atoms with Crippen molar-refractivity contribution in [1.29, 1.82) is 0 Å². The molecule has 0 atom stereocenters. The van der Waals surface area contributed by atoms with Gasteiger partial charge in [-0.2, -0.15) is 8.78 Å². The molecule has 1 N–H and O–H groups in total. The second-order valence-electron chi connectivity index (χ2n) is 3.65. The number of nitrogens with one attached hydrogen (secondary N) is 1. The molecule has 0 fully saturated rings. The van der Waals surface area contributed by atoms with Gasteiger partial charge in [0, 0.05) is 10.4 Å². The number of carbonyl (C=O) groups is 1. The van der Waals surface area contributed by atoms with Gasteiger partial charge in [-0.3, -0.25) is 0 Å². The number of ether oxygens (including phenoxy) is 2. The zero-order valence-corrected chi connectivity index (χ0v) is 10.6. The number of halogens is 3. The summed E-state index contributed by atoms with van der Waals surface area (Å²) in [5, 5.41) is 0.563. The van der Waals surface area contributed by atoms with Crippen LogP contribution in [0.25, 0.3) is 10.9 Å². The number of fused-ring (bicyclic) bond motifs is 1. The van der Waals surface area contributed by atoms with Crippen LogP contribution < -0.4 is 4.74 Å². The molecule has 102 valence electrons. The summed E-state index contributed by atoms with van der Waals surface area (Å²) in [5.74, 6) is -0.665. The first-order valence-electron chi connectivity index (χ1n) is 5.45. The number of rotatable bonds is 4. The summed E-state index contributed by atoms with van der Waals surface area (Å²) in [4.78, 5) is 14.3. The number of hydrogen-bond acceptors (Lipinski definition) is 3. The lowest BCUT2D eigenvalue weighted by atomic mass is 10.2. The first-order valence-corrected chi connectivity index (χ1v) is 5.83. The fourth-order valence-electron chi connectivity index (χ4n) is 1.68. The third-order valence-corrected chi connectivity index (χ3v) is 2.59. The number of benzene rings is 1. The highest BCUT2D eigenvalue weighted by atomic mass is 35.5. The van der Waals surface area contributed by atoms with Crippen LogP contribution in [0.15, 0.2) is 18.2 Å². The minimum atomic E-state index is -2.97. The zero-order valence-electron chi connectivity index (χ0n) is 9.88. The van der Waals surface area contributed by atoms with Crippen LogP contribution in [0.4, 0.5) is 8.78 Å². The van der Waals surface area contributed by atoms with Crippen molar-refractivity contribution in [3.8, 4) is 5.75 Å². The average Bonchev–Trinajstić information content (AvgIpc) is 2.72. The van der Waals surface area contributed by atoms with E-state index in [1.54, 1.807) is 6.92 Å². The maximum atomic E-state index is 12.3. The Morgan fingerprint density at radius 2 is 2.16 bits per heavy atom. The van der Waals surface area contributed by atoms with Crippen molar-refractivity contribution in [3.05, 3.63) is 28.9 Å². The van der Waals surface area contributed by atoms with E-state index in [9.17, 15) is 13.6 Å². The molecule has 2 aromatic rings. The second-order valence-corrected chi connectivity index (χ2v) is 4.08. The van der Waals surface area contributed by atoms with E-state index < -0.39 is 12.6 Å². The highest BCUT2D eigenvalue weighted by Crippen LogP contribution is 2.31. The molecule has 1 heterocycles. The highest BCUT2D eigenvalue weighted by molar-refractivity contribution is 6.31. The van der Waals surface area contributed by atoms with Gasteiger partial charge in [0.2, 0.25) is 0 Å². The Hall–Kier alpha value is -1.82. The molecule has 0 aliphatic carbocycles. The molecule has 0 bridgehead atoms. The van der Waals surface area contributed by atoms with Crippen molar-refractivity contribution in [2.45, 2.75) is 13.5 Å². The normalized spacial score (nSPS) is 11.0. The van der Waals surface area contributed by atoms with Gasteiger partial charge in [0.15, 0.2) is 0 Å². The van der Waals surface area contributed by atoms with E-state index in [4.69, 9.17) is 16.3 Å². The van der Waals surface area contributed by atoms with Crippen LogP contribution in [-0.4, -0.2) is 24.2 Å². The van der Waals surface area contributed by atoms with Crippen molar-refractivity contribution in [2.24, 2.45) is 0 Å². The van der Waals surface area contributed by atoms with Crippen molar-refractivity contribution in [3.63, 3.8) is 0 Å². The van der Waals surface area contributed by atoms with Gasteiger partial charge in [0.05, 0.1) is 12.1 Å². The van der Waals surface area contributed by atoms with Gasteiger partial charge < -0.3 is 14.5 Å². The Morgan fingerprint density at radius 3 is 2.79 bits per heavy atom. The van der Waals surface area contributed by atoms with E-state index in [2.05, 4.69) is 9.72 Å². The van der Waals surface area contributed by atoms with Crippen molar-refractivity contribution in [1.82, 2.24) is 4.98 Å². The largest absolute Gasteiger partial charge is 0.461 e. The SMILES string of the molecule is CCOC(=O)c1cc2c(OC(F)F)cc(Cl)cc2[nH]1. The summed E-state index contributed by atoms with van der Waals surface area (Å²) in [7, 11) is 0. The van der Waals surface area contributed by atoms with Gasteiger partial charge in [0.1, 0.15) is 11.4 Å². The summed E-state index contributed by atoms with van der Waals surface area (Å²) < 4.78 is 33.8. The molecule has 2 rings (SSSR count). The fraction of sp³-hybridized carbons (Fsp3) is 0.250. The van der Waals surface area contributed by atoms with E-state index in [1.165, 1.54) is 18.2 Å². The second kappa shape index (κ2) is 5.44. The van der Waals surface area contributed by atoms with Gasteiger partial charge in [-0.25, -0.2) is 4.79 Å². The molecular formula is C12H10ClF2NO3. The van der Waals surface area contributed by atoms with Crippen molar-refractivity contribution in [2.75, 3.05) is 6.61 Å². The summed E-state index contributed by atoms with van der Waals surface area (Å²) >= 11 is 5.80. The number of esters is 1. The third kappa shape index (κ3) is 2.96. The van der Waals surface area contributed by atoms with Crippen LogP contribution in [0.5, 0.6) is 5.75 Å². The highest BCUT2D eigenvalue weighted by Gasteiger charge is 2.16. The molecule has 19 heavy (non-hydrogen) atoms. The van der Waals surface area contributed by atoms with Crippen LogP contribution in [0.2, 0.25) is 5.02 Å². The van der Waals surface area contributed by atoms with Gasteiger partial charge >= 0.3 is 12.6 Å². The molecule has 1 aromatic heterocycles. The standard InChI is InChI=1S/C12H10ClF2NO3/c1-2-18-11(17)9-5-7-8(16-9)3-6(13)4-10(7)19-12(14)15/h3-5,12,16H,2H2,1H3. The molecule has 0 radical (unpaired) electrons. The monoisotopic (exact) mass is 289 g/mol. The van der Waals surface area contributed by atoms with E-state index in [1.807, 2.05) is 0 Å². The molecule has 0 aliphatic rings. The molecule has 0 saturated carbocycles. The number of H-pyrrole nitrogens is 1. The topological polar surface area (TPSA) is 51.3 Å². The molecule has 4 nitrogen and oxygen atoms in total. The predicted molar refractivity (Wildman–Crippen MR) is 65.9 cm³/mol. The Bertz CT molecular complexity index is 612. The lowest BCUT2D eigenvalue weighted by Gasteiger charge is -2.05. The van der Waals surface area contributed by atoms with Crippen LogP contribution in [0.1, 0.15) is 17.4 Å². The lowest BCUT2D eigenvalue weighted by Crippen LogP contribution is -2.04. The number of aromatic amines is 1. The Kier molecular flexibility index (Phi) is 3.90. The first-order chi connectivity index (χ1) is 9.01. The minimum absolute atomic E-state index is 0.0932. The van der Waals surface area contributed by atoms with E-state index in [-0.39, 0.29) is 23.1 Å².